The van der Waals surface area contributed by atoms with E-state index in [0.717, 1.165) is 30.3 Å². The standard InChI is InChI=1S/C17H20N6O/c1-11-7-19-15(8-18-11)17(24)22(2)13-9-23(10-13)16-6-5-14(20-21-16)12-3-4-12/h5-8,12-13H,3-4,9-10H2,1-2H3. The second-order valence-electron chi connectivity index (χ2n) is 6.61. The summed E-state index contributed by atoms with van der Waals surface area (Å²) in [5.41, 5.74) is 2.29. The van der Waals surface area contributed by atoms with Gasteiger partial charge in [-0.1, -0.05) is 0 Å². The van der Waals surface area contributed by atoms with Gasteiger partial charge in [0.15, 0.2) is 5.82 Å². The number of rotatable bonds is 4. The molecular formula is C17H20N6O. The van der Waals surface area contributed by atoms with E-state index in [9.17, 15) is 4.79 Å². The lowest BCUT2D eigenvalue weighted by Gasteiger charge is -2.44. The molecule has 7 heteroatoms. The highest BCUT2D eigenvalue weighted by Crippen LogP contribution is 2.38. The van der Waals surface area contributed by atoms with Crippen molar-refractivity contribution in [2.45, 2.75) is 31.7 Å². The molecule has 1 saturated carbocycles. The van der Waals surface area contributed by atoms with Gasteiger partial charge in [0.2, 0.25) is 0 Å². The first-order valence-corrected chi connectivity index (χ1v) is 8.26. The highest BCUT2D eigenvalue weighted by atomic mass is 16.2. The molecule has 0 atom stereocenters. The molecule has 2 aliphatic rings. The first-order chi connectivity index (χ1) is 11.6. The highest BCUT2D eigenvalue weighted by molar-refractivity contribution is 5.92. The molecule has 3 heterocycles. The van der Waals surface area contributed by atoms with Gasteiger partial charge in [0, 0.05) is 32.3 Å². The Labute approximate surface area is 140 Å². The minimum atomic E-state index is -0.0951. The zero-order valence-electron chi connectivity index (χ0n) is 13.9. The van der Waals surface area contributed by atoms with Crippen molar-refractivity contribution >= 4 is 11.7 Å². The summed E-state index contributed by atoms with van der Waals surface area (Å²) >= 11 is 0. The van der Waals surface area contributed by atoms with Crippen LogP contribution in [0.1, 0.15) is 40.6 Å². The van der Waals surface area contributed by atoms with Gasteiger partial charge < -0.3 is 9.80 Å². The van der Waals surface area contributed by atoms with E-state index in [4.69, 9.17) is 0 Å². The summed E-state index contributed by atoms with van der Waals surface area (Å²) in [6.45, 7) is 3.38. The normalized spacial score (nSPS) is 17.5. The van der Waals surface area contributed by atoms with E-state index >= 15 is 0 Å². The van der Waals surface area contributed by atoms with Crippen LogP contribution in [0.2, 0.25) is 0 Å². The summed E-state index contributed by atoms with van der Waals surface area (Å²) < 4.78 is 0. The van der Waals surface area contributed by atoms with E-state index in [0.29, 0.717) is 11.6 Å². The average Bonchev–Trinajstić information content (AvgIpc) is 3.39. The molecule has 0 aromatic carbocycles. The van der Waals surface area contributed by atoms with E-state index in [1.165, 1.54) is 19.0 Å². The lowest BCUT2D eigenvalue weighted by atomic mass is 10.1. The maximum absolute atomic E-state index is 12.4. The summed E-state index contributed by atoms with van der Waals surface area (Å²) in [5, 5.41) is 8.63. The van der Waals surface area contributed by atoms with Crippen LogP contribution >= 0.6 is 0 Å². The third-order valence-electron chi connectivity index (χ3n) is 4.72. The van der Waals surface area contributed by atoms with Crippen LogP contribution in [0, 0.1) is 6.92 Å². The molecule has 2 aromatic rings. The number of aromatic nitrogens is 4. The van der Waals surface area contributed by atoms with Crippen LogP contribution in [-0.2, 0) is 0 Å². The Bertz CT molecular complexity index is 735. The second kappa shape index (κ2) is 5.81. The number of amides is 1. The molecule has 124 valence electrons. The van der Waals surface area contributed by atoms with Crippen LogP contribution in [0.4, 0.5) is 5.82 Å². The fraction of sp³-hybridized carbons (Fsp3) is 0.471. The summed E-state index contributed by atoms with van der Waals surface area (Å²) in [6.07, 6.45) is 5.61. The van der Waals surface area contributed by atoms with Crippen LogP contribution in [0.3, 0.4) is 0 Å². The average molecular weight is 324 g/mol. The largest absolute Gasteiger partial charge is 0.351 e. The van der Waals surface area contributed by atoms with Crippen molar-refractivity contribution in [3.8, 4) is 0 Å². The fourth-order valence-corrected chi connectivity index (χ4v) is 2.84. The Morgan fingerprint density at radius 3 is 2.54 bits per heavy atom. The molecule has 0 radical (unpaired) electrons. The smallest absolute Gasteiger partial charge is 0.274 e. The molecule has 4 rings (SSSR count). The molecule has 2 aromatic heterocycles. The monoisotopic (exact) mass is 324 g/mol. The summed E-state index contributed by atoms with van der Waals surface area (Å²) in [5.74, 6) is 1.41. The van der Waals surface area contributed by atoms with Crippen molar-refractivity contribution in [2.75, 3.05) is 25.0 Å². The number of nitrogens with zero attached hydrogens (tertiary/aromatic N) is 6. The molecule has 2 fully saturated rings. The first-order valence-electron chi connectivity index (χ1n) is 8.26. The van der Waals surface area contributed by atoms with E-state index in [2.05, 4.69) is 31.1 Å². The Hall–Kier alpha value is -2.57. The molecule has 1 amide bonds. The van der Waals surface area contributed by atoms with E-state index in [1.54, 1.807) is 11.1 Å². The zero-order chi connectivity index (χ0) is 16.7. The lowest BCUT2D eigenvalue weighted by molar-refractivity contribution is 0.0698. The van der Waals surface area contributed by atoms with Crippen LogP contribution in [-0.4, -0.2) is 57.2 Å². The molecule has 24 heavy (non-hydrogen) atoms. The molecule has 0 N–H and O–H groups in total. The Kier molecular flexibility index (Phi) is 3.63. The number of carbonyl (C=O) groups is 1. The lowest BCUT2D eigenvalue weighted by Crippen LogP contribution is -2.60. The summed E-state index contributed by atoms with van der Waals surface area (Å²) in [7, 11) is 1.81. The summed E-state index contributed by atoms with van der Waals surface area (Å²) in [6, 6.07) is 4.26. The summed E-state index contributed by atoms with van der Waals surface area (Å²) in [4.78, 5) is 24.6. The van der Waals surface area contributed by atoms with Crippen molar-refractivity contribution in [3.05, 3.63) is 41.6 Å². The number of aryl methyl sites for hydroxylation is 1. The quantitative estimate of drug-likeness (QED) is 0.846. The third kappa shape index (κ3) is 2.81. The molecule has 0 bridgehead atoms. The van der Waals surface area contributed by atoms with Crippen LogP contribution < -0.4 is 4.90 Å². The van der Waals surface area contributed by atoms with Crippen LogP contribution in [0.15, 0.2) is 24.5 Å². The predicted octanol–water partition coefficient (Wildman–Crippen LogP) is 1.41. The van der Waals surface area contributed by atoms with Gasteiger partial charge >= 0.3 is 0 Å². The van der Waals surface area contributed by atoms with Crippen molar-refractivity contribution in [1.82, 2.24) is 25.1 Å². The highest BCUT2D eigenvalue weighted by Gasteiger charge is 2.34. The van der Waals surface area contributed by atoms with Crippen molar-refractivity contribution in [1.29, 1.82) is 0 Å². The van der Waals surface area contributed by atoms with Crippen molar-refractivity contribution in [2.24, 2.45) is 0 Å². The molecule has 1 saturated heterocycles. The number of likely N-dealkylation sites (N-methyl/N-ethyl adjacent to an activating group) is 1. The SMILES string of the molecule is Cc1cnc(C(=O)N(C)C2CN(c3ccc(C4CC4)nn3)C2)cn1. The Morgan fingerprint density at radius 1 is 1.17 bits per heavy atom. The van der Waals surface area contributed by atoms with Crippen molar-refractivity contribution < 1.29 is 4.79 Å². The predicted molar refractivity (Wildman–Crippen MR) is 88.9 cm³/mol. The van der Waals surface area contributed by atoms with Gasteiger partial charge in [-0.05, 0) is 31.9 Å². The maximum Gasteiger partial charge on any atom is 0.274 e. The minimum absolute atomic E-state index is 0.0951. The molecule has 0 spiro atoms. The second-order valence-corrected chi connectivity index (χ2v) is 6.61. The zero-order valence-corrected chi connectivity index (χ0v) is 13.9. The van der Waals surface area contributed by atoms with E-state index in [1.807, 2.05) is 20.0 Å². The van der Waals surface area contributed by atoms with Crippen LogP contribution in [0.5, 0.6) is 0 Å². The topological polar surface area (TPSA) is 75.1 Å². The van der Waals surface area contributed by atoms with E-state index in [-0.39, 0.29) is 11.9 Å². The van der Waals surface area contributed by atoms with Gasteiger partial charge in [-0.25, -0.2) is 4.98 Å². The van der Waals surface area contributed by atoms with Gasteiger partial charge in [-0.3, -0.25) is 9.78 Å². The Balaban J connectivity index is 1.35. The van der Waals surface area contributed by atoms with Gasteiger partial charge in [0.25, 0.3) is 5.91 Å². The van der Waals surface area contributed by atoms with Gasteiger partial charge in [0.1, 0.15) is 5.69 Å². The van der Waals surface area contributed by atoms with Gasteiger partial charge in [0.05, 0.1) is 23.6 Å². The molecule has 1 aliphatic heterocycles. The maximum atomic E-state index is 12.4. The number of hydrogen-bond acceptors (Lipinski definition) is 6. The minimum Gasteiger partial charge on any atom is -0.351 e. The molecule has 7 nitrogen and oxygen atoms in total. The molecule has 1 aliphatic carbocycles. The van der Waals surface area contributed by atoms with Crippen LogP contribution in [0.25, 0.3) is 0 Å². The third-order valence-corrected chi connectivity index (χ3v) is 4.72. The van der Waals surface area contributed by atoms with E-state index < -0.39 is 0 Å². The fourth-order valence-electron chi connectivity index (χ4n) is 2.84. The van der Waals surface area contributed by atoms with Crippen molar-refractivity contribution in [3.63, 3.8) is 0 Å². The number of anilines is 1. The Morgan fingerprint density at radius 2 is 1.96 bits per heavy atom. The number of carbonyl (C=O) groups excluding carboxylic acids is 1. The van der Waals surface area contributed by atoms with Gasteiger partial charge in [-0.15, -0.1) is 5.10 Å². The first kappa shape index (κ1) is 15.0. The molecular weight excluding hydrogens is 304 g/mol. The van der Waals surface area contributed by atoms with Gasteiger partial charge in [-0.2, -0.15) is 5.10 Å². The number of hydrogen-bond donors (Lipinski definition) is 0. The molecule has 0 unspecified atom stereocenters.